The molecule has 0 radical (unpaired) electrons. The number of hydrogen-bond donors (Lipinski definition) is 1. The summed E-state index contributed by atoms with van der Waals surface area (Å²) < 4.78 is 7.37. The van der Waals surface area contributed by atoms with Crippen molar-refractivity contribution >= 4 is 35.0 Å². The zero-order chi connectivity index (χ0) is 19.7. The minimum atomic E-state index is -0.744. The molecule has 0 saturated carbocycles. The molecule has 3 aromatic rings. The number of nitrogen functional groups attached to an aromatic ring is 1. The van der Waals surface area contributed by atoms with Crippen LogP contribution in [0.4, 0.5) is 5.82 Å². The van der Waals surface area contributed by atoms with Crippen molar-refractivity contribution in [3.8, 4) is 11.5 Å². The molecule has 0 atom stereocenters. The quantitative estimate of drug-likeness (QED) is 0.496. The summed E-state index contributed by atoms with van der Waals surface area (Å²) >= 11 is 6.89. The minimum absolute atomic E-state index is 0.151. The van der Waals surface area contributed by atoms with Gasteiger partial charge in [-0.05, 0) is 18.2 Å². The van der Waals surface area contributed by atoms with Crippen LogP contribution in [0.1, 0.15) is 10.4 Å². The molecule has 27 heavy (non-hydrogen) atoms. The van der Waals surface area contributed by atoms with Crippen molar-refractivity contribution in [2.75, 3.05) is 11.5 Å². The van der Waals surface area contributed by atoms with E-state index in [-0.39, 0.29) is 28.2 Å². The third-order valence-electron chi connectivity index (χ3n) is 3.79. The van der Waals surface area contributed by atoms with Crippen molar-refractivity contribution in [2.45, 2.75) is 5.22 Å². The number of aromatic nitrogens is 4. The van der Waals surface area contributed by atoms with Crippen molar-refractivity contribution < 1.29 is 9.21 Å². The first kappa shape index (κ1) is 18.9. The number of thioether (sulfide) groups is 1. The molecule has 0 spiro atoms. The molecule has 0 bridgehead atoms. The lowest BCUT2D eigenvalue weighted by molar-refractivity contribution is 0.102. The van der Waals surface area contributed by atoms with Crippen LogP contribution in [0.2, 0.25) is 5.02 Å². The molecule has 0 aliphatic carbocycles. The van der Waals surface area contributed by atoms with Crippen LogP contribution in [-0.4, -0.2) is 30.9 Å². The molecule has 2 N–H and O–H groups in total. The monoisotopic (exact) mass is 407 g/mol. The van der Waals surface area contributed by atoms with Crippen LogP contribution in [0.3, 0.4) is 0 Å². The van der Waals surface area contributed by atoms with Gasteiger partial charge in [0.25, 0.3) is 10.8 Å². The molecule has 0 saturated heterocycles. The number of halogens is 1. The van der Waals surface area contributed by atoms with Gasteiger partial charge in [0, 0.05) is 24.7 Å². The third kappa shape index (κ3) is 3.67. The molecular formula is C16H14ClN5O4S. The number of carbonyl (C=O) groups excluding carboxylic acids is 1. The highest BCUT2D eigenvalue weighted by molar-refractivity contribution is 7.99. The third-order valence-corrected chi connectivity index (χ3v) is 4.85. The number of carbonyl (C=O) groups is 1. The number of ketones is 1. The van der Waals surface area contributed by atoms with Crippen molar-refractivity contribution in [3.63, 3.8) is 0 Å². The topological polar surface area (TPSA) is 126 Å². The molecule has 0 unspecified atom stereocenters. The lowest BCUT2D eigenvalue weighted by Gasteiger charge is -2.10. The van der Waals surface area contributed by atoms with Gasteiger partial charge in [0.05, 0.1) is 5.75 Å². The van der Waals surface area contributed by atoms with Crippen LogP contribution >= 0.6 is 23.4 Å². The Kier molecular flexibility index (Phi) is 5.19. The van der Waals surface area contributed by atoms with Gasteiger partial charge in [0.1, 0.15) is 11.4 Å². The summed E-state index contributed by atoms with van der Waals surface area (Å²) in [4.78, 5) is 36.5. The number of anilines is 1. The first-order valence-electron chi connectivity index (χ1n) is 7.60. The first-order valence-corrected chi connectivity index (χ1v) is 8.97. The van der Waals surface area contributed by atoms with Crippen molar-refractivity contribution in [2.24, 2.45) is 14.1 Å². The van der Waals surface area contributed by atoms with E-state index in [4.69, 9.17) is 21.8 Å². The number of benzene rings is 1. The van der Waals surface area contributed by atoms with Crippen molar-refractivity contribution in [1.29, 1.82) is 0 Å². The zero-order valence-corrected chi connectivity index (χ0v) is 15.9. The molecule has 1 aromatic carbocycles. The van der Waals surface area contributed by atoms with Gasteiger partial charge >= 0.3 is 5.69 Å². The summed E-state index contributed by atoms with van der Waals surface area (Å²) in [6, 6.07) is 6.89. The summed E-state index contributed by atoms with van der Waals surface area (Å²) in [5, 5.41) is 8.45. The summed E-state index contributed by atoms with van der Waals surface area (Å²) in [6.07, 6.45) is 0. The molecule has 0 aliphatic heterocycles. The Morgan fingerprint density at radius 3 is 2.70 bits per heavy atom. The Morgan fingerprint density at radius 1 is 1.26 bits per heavy atom. The average Bonchev–Trinajstić information content (AvgIpc) is 3.12. The van der Waals surface area contributed by atoms with Crippen LogP contribution in [0.5, 0.6) is 0 Å². The van der Waals surface area contributed by atoms with Crippen LogP contribution in [-0.2, 0) is 14.1 Å². The largest absolute Gasteiger partial charge is 0.411 e. The predicted octanol–water partition coefficient (Wildman–Crippen LogP) is 1.34. The molecule has 2 heterocycles. The summed E-state index contributed by atoms with van der Waals surface area (Å²) in [6.45, 7) is 0. The number of hydrogen-bond acceptors (Lipinski definition) is 8. The lowest BCUT2D eigenvalue weighted by Crippen LogP contribution is -2.41. The Labute approximate surface area is 161 Å². The number of Topliss-reactive ketones (excluding diaryl/α,β-unsaturated/α-hetero) is 1. The molecule has 0 amide bonds. The highest BCUT2D eigenvalue weighted by Gasteiger charge is 2.21. The smallest absolute Gasteiger partial charge is 0.332 e. The van der Waals surface area contributed by atoms with E-state index in [2.05, 4.69) is 10.2 Å². The maximum Gasteiger partial charge on any atom is 0.332 e. The molecule has 9 nitrogen and oxygen atoms in total. The second-order valence-corrected chi connectivity index (χ2v) is 6.92. The van der Waals surface area contributed by atoms with E-state index >= 15 is 0 Å². The van der Waals surface area contributed by atoms with E-state index in [0.29, 0.717) is 10.6 Å². The van der Waals surface area contributed by atoms with Gasteiger partial charge in [-0.15, -0.1) is 10.2 Å². The fraction of sp³-hybridized carbons (Fsp3) is 0.188. The molecule has 3 rings (SSSR count). The van der Waals surface area contributed by atoms with Gasteiger partial charge in [-0.25, -0.2) is 4.79 Å². The van der Waals surface area contributed by atoms with Crippen LogP contribution < -0.4 is 17.0 Å². The zero-order valence-electron chi connectivity index (χ0n) is 14.3. The summed E-state index contributed by atoms with van der Waals surface area (Å²) in [5.41, 5.74) is 4.82. The van der Waals surface area contributed by atoms with E-state index in [9.17, 15) is 14.4 Å². The number of nitrogens with two attached hydrogens (primary N) is 1. The molecule has 0 fully saturated rings. The van der Waals surface area contributed by atoms with Gasteiger partial charge in [0.2, 0.25) is 5.89 Å². The summed E-state index contributed by atoms with van der Waals surface area (Å²) in [5.74, 6) is -0.630. The molecule has 140 valence electrons. The number of nitrogens with zero attached hydrogens (tertiary/aromatic N) is 4. The van der Waals surface area contributed by atoms with Crippen LogP contribution in [0, 0.1) is 0 Å². The van der Waals surface area contributed by atoms with Gasteiger partial charge in [-0.1, -0.05) is 29.4 Å². The molecular weight excluding hydrogens is 394 g/mol. The first-order chi connectivity index (χ1) is 12.8. The van der Waals surface area contributed by atoms with Crippen LogP contribution in [0.15, 0.2) is 43.5 Å². The van der Waals surface area contributed by atoms with Gasteiger partial charge in [0.15, 0.2) is 5.78 Å². The van der Waals surface area contributed by atoms with E-state index in [1.165, 1.54) is 14.1 Å². The molecule has 11 heteroatoms. The van der Waals surface area contributed by atoms with E-state index < -0.39 is 17.0 Å². The Bertz CT molecular complexity index is 1150. The normalized spacial score (nSPS) is 10.9. The highest BCUT2D eigenvalue weighted by atomic mass is 35.5. The van der Waals surface area contributed by atoms with Gasteiger partial charge < -0.3 is 10.2 Å². The second-order valence-electron chi connectivity index (χ2n) is 5.56. The molecule has 0 aliphatic rings. The van der Waals surface area contributed by atoms with E-state index in [1.807, 2.05) is 0 Å². The SMILES string of the molecule is Cn1c(N)c(C(=O)CSc2nnc(-c3cccc(Cl)c3)o2)c(=O)n(C)c1=O. The van der Waals surface area contributed by atoms with Crippen molar-refractivity contribution in [1.82, 2.24) is 19.3 Å². The maximum absolute atomic E-state index is 12.5. The Balaban J connectivity index is 1.80. The number of rotatable bonds is 5. The standard InChI is InChI=1S/C16H14ClN5O4S/c1-21-12(18)11(14(24)22(2)16(21)25)10(23)7-27-15-20-19-13(26-15)8-4-3-5-9(17)6-8/h3-6H,7,18H2,1-2H3. The predicted molar refractivity (Wildman–Crippen MR) is 101 cm³/mol. The van der Waals surface area contributed by atoms with E-state index in [1.54, 1.807) is 24.3 Å². The molecule has 2 aromatic heterocycles. The van der Waals surface area contributed by atoms with E-state index in [0.717, 1.165) is 20.9 Å². The van der Waals surface area contributed by atoms with Gasteiger partial charge in [-0.3, -0.25) is 18.7 Å². The maximum atomic E-state index is 12.5. The fourth-order valence-corrected chi connectivity index (χ4v) is 3.15. The Hall–Kier alpha value is -2.85. The minimum Gasteiger partial charge on any atom is -0.411 e. The van der Waals surface area contributed by atoms with Gasteiger partial charge in [-0.2, -0.15) is 0 Å². The fourth-order valence-electron chi connectivity index (χ4n) is 2.33. The van der Waals surface area contributed by atoms with Crippen LogP contribution in [0.25, 0.3) is 11.5 Å². The highest BCUT2D eigenvalue weighted by Crippen LogP contribution is 2.25. The Morgan fingerprint density at radius 2 is 2.00 bits per heavy atom. The average molecular weight is 408 g/mol. The van der Waals surface area contributed by atoms with Crippen molar-refractivity contribution in [3.05, 3.63) is 55.7 Å². The lowest BCUT2D eigenvalue weighted by atomic mass is 10.2. The second kappa shape index (κ2) is 7.41. The summed E-state index contributed by atoms with van der Waals surface area (Å²) in [7, 11) is 2.67.